The molecular weight excluding hydrogens is 164 g/mol. The van der Waals surface area contributed by atoms with Crippen molar-refractivity contribution in [3.8, 4) is 0 Å². The van der Waals surface area contributed by atoms with Crippen LogP contribution in [0.25, 0.3) is 0 Å². The molecule has 12 heavy (non-hydrogen) atoms. The predicted octanol–water partition coefficient (Wildman–Crippen LogP) is 0.777. The van der Waals surface area contributed by atoms with E-state index < -0.39 is 11.9 Å². The highest BCUT2D eigenvalue weighted by atomic mass is 16.4. The maximum atomic E-state index is 9.37. The molecule has 0 aromatic carbocycles. The van der Waals surface area contributed by atoms with Gasteiger partial charge in [-0.15, -0.1) is 0 Å². The summed E-state index contributed by atoms with van der Waals surface area (Å²) >= 11 is 0. The van der Waals surface area contributed by atoms with Crippen LogP contribution in [0.1, 0.15) is 27.2 Å². The summed E-state index contributed by atoms with van der Waals surface area (Å²) in [5.41, 5.74) is 0. The van der Waals surface area contributed by atoms with Crippen LogP contribution in [0.2, 0.25) is 0 Å². The molecule has 2 N–H and O–H groups in total. The Bertz CT molecular complexity index is 126. The average Bonchev–Trinajstić information content (AvgIpc) is 1.88. The quantitative estimate of drug-likeness (QED) is 0.579. The van der Waals surface area contributed by atoms with E-state index in [9.17, 15) is 4.79 Å². The van der Waals surface area contributed by atoms with E-state index in [2.05, 4.69) is 0 Å². The van der Waals surface area contributed by atoms with E-state index in [-0.39, 0.29) is 6.42 Å². The van der Waals surface area contributed by atoms with E-state index in [4.69, 9.17) is 19.8 Å². The van der Waals surface area contributed by atoms with Crippen molar-refractivity contribution >= 4 is 18.2 Å². The minimum atomic E-state index is -0.833. The normalized spacial score (nSPS) is 6.25. The SMILES string of the molecule is CC(=O)O.CC=O.CCC(=O)O. The molecule has 72 valence electrons. The number of hydrogen-bond acceptors (Lipinski definition) is 3. The van der Waals surface area contributed by atoms with Gasteiger partial charge in [0.1, 0.15) is 6.29 Å². The third-order valence-electron chi connectivity index (χ3n) is 0.302. The molecule has 0 spiro atoms. The Balaban J connectivity index is -0.000000105. The Morgan fingerprint density at radius 1 is 1.33 bits per heavy atom. The number of carbonyl (C=O) groups is 3. The van der Waals surface area contributed by atoms with E-state index in [0.29, 0.717) is 0 Å². The van der Waals surface area contributed by atoms with Gasteiger partial charge in [-0.05, 0) is 6.92 Å². The summed E-state index contributed by atoms with van der Waals surface area (Å²) in [6, 6.07) is 0. The fourth-order valence-electron chi connectivity index (χ4n) is 0. The Labute approximate surface area is 71.0 Å². The summed E-state index contributed by atoms with van der Waals surface area (Å²) < 4.78 is 0. The van der Waals surface area contributed by atoms with Crippen LogP contribution in [0.5, 0.6) is 0 Å². The van der Waals surface area contributed by atoms with Gasteiger partial charge in [-0.3, -0.25) is 9.59 Å². The molecule has 0 aliphatic heterocycles. The molecule has 0 unspecified atom stereocenters. The molecule has 0 aliphatic carbocycles. The number of carboxylic acids is 2. The number of carboxylic acid groups (broad SMARTS) is 2. The van der Waals surface area contributed by atoms with Crippen molar-refractivity contribution in [3.05, 3.63) is 0 Å². The second-order valence-electron chi connectivity index (χ2n) is 1.50. The van der Waals surface area contributed by atoms with Crippen LogP contribution in [0.15, 0.2) is 0 Å². The topological polar surface area (TPSA) is 91.7 Å². The molecule has 0 bridgehead atoms. The van der Waals surface area contributed by atoms with Crippen LogP contribution in [0.3, 0.4) is 0 Å². The molecule has 0 heterocycles. The van der Waals surface area contributed by atoms with Crippen molar-refractivity contribution < 1.29 is 24.6 Å². The Hall–Kier alpha value is -1.39. The first-order valence-corrected chi connectivity index (χ1v) is 3.23. The van der Waals surface area contributed by atoms with Crippen molar-refractivity contribution in [2.45, 2.75) is 27.2 Å². The van der Waals surface area contributed by atoms with Gasteiger partial charge < -0.3 is 15.0 Å². The number of aliphatic carboxylic acids is 2. The molecule has 0 saturated carbocycles. The number of rotatable bonds is 1. The lowest BCUT2D eigenvalue weighted by Crippen LogP contribution is -1.86. The highest BCUT2D eigenvalue weighted by molar-refractivity contribution is 5.66. The third kappa shape index (κ3) is 1340. The maximum Gasteiger partial charge on any atom is 0.303 e. The fourth-order valence-corrected chi connectivity index (χ4v) is 0. The van der Waals surface area contributed by atoms with Gasteiger partial charge in [0.05, 0.1) is 0 Å². The van der Waals surface area contributed by atoms with Crippen molar-refractivity contribution in [2.24, 2.45) is 0 Å². The summed E-state index contributed by atoms with van der Waals surface area (Å²) in [7, 11) is 0. The summed E-state index contributed by atoms with van der Waals surface area (Å²) in [4.78, 5) is 27.2. The van der Waals surface area contributed by atoms with Gasteiger partial charge in [0.15, 0.2) is 0 Å². The van der Waals surface area contributed by atoms with Gasteiger partial charge in [-0.25, -0.2) is 0 Å². The van der Waals surface area contributed by atoms with E-state index in [1.807, 2.05) is 0 Å². The van der Waals surface area contributed by atoms with Gasteiger partial charge in [-0.2, -0.15) is 0 Å². The van der Waals surface area contributed by atoms with Crippen LogP contribution in [0, 0.1) is 0 Å². The molecule has 0 fully saturated rings. The number of hydrogen-bond donors (Lipinski definition) is 2. The zero-order valence-electron chi connectivity index (χ0n) is 7.40. The predicted molar refractivity (Wildman–Crippen MR) is 43.0 cm³/mol. The van der Waals surface area contributed by atoms with E-state index in [1.165, 1.54) is 6.92 Å². The zero-order valence-corrected chi connectivity index (χ0v) is 7.40. The highest BCUT2D eigenvalue weighted by Crippen LogP contribution is 1.67. The van der Waals surface area contributed by atoms with Crippen LogP contribution in [0.4, 0.5) is 0 Å². The monoisotopic (exact) mass is 178 g/mol. The number of aldehydes is 1. The minimum Gasteiger partial charge on any atom is -0.481 e. The first-order chi connectivity index (χ1) is 5.42. The molecule has 0 amide bonds. The molecular formula is C7H14O5. The lowest BCUT2D eigenvalue weighted by molar-refractivity contribution is -0.137. The van der Waals surface area contributed by atoms with Gasteiger partial charge in [0.2, 0.25) is 0 Å². The van der Waals surface area contributed by atoms with Crippen molar-refractivity contribution in [2.75, 3.05) is 0 Å². The largest absolute Gasteiger partial charge is 0.481 e. The first kappa shape index (κ1) is 16.9. The molecule has 0 radical (unpaired) electrons. The van der Waals surface area contributed by atoms with Gasteiger partial charge in [0, 0.05) is 13.3 Å². The van der Waals surface area contributed by atoms with Crippen LogP contribution >= 0.6 is 0 Å². The van der Waals surface area contributed by atoms with Crippen molar-refractivity contribution in [1.82, 2.24) is 0 Å². The lowest BCUT2D eigenvalue weighted by Gasteiger charge is -1.71. The third-order valence-corrected chi connectivity index (χ3v) is 0.302. The summed E-state index contributed by atoms with van der Waals surface area (Å²) in [5, 5.41) is 15.1. The number of carbonyl (C=O) groups excluding carboxylic acids is 1. The standard InChI is InChI=1S/C3H6O2.C2H4O2.C2H4O/c1-2-3(4)5;1-2(3)4;1-2-3/h2H2,1H3,(H,4,5);1H3,(H,3,4);2H,1H3. The Morgan fingerprint density at radius 3 is 1.42 bits per heavy atom. The van der Waals surface area contributed by atoms with E-state index in [0.717, 1.165) is 13.2 Å². The van der Waals surface area contributed by atoms with Crippen molar-refractivity contribution in [3.63, 3.8) is 0 Å². The Morgan fingerprint density at radius 2 is 1.42 bits per heavy atom. The smallest absolute Gasteiger partial charge is 0.303 e. The zero-order chi connectivity index (χ0) is 10.6. The van der Waals surface area contributed by atoms with E-state index >= 15 is 0 Å². The van der Waals surface area contributed by atoms with E-state index in [1.54, 1.807) is 6.92 Å². The van der Waals surface area contributed by atoms with Crippen molar-refractivity contribution in [1.29, 1.82) is 0 Å². The second kappa shape index (κ2) is 16.3. The van der Waals surface area contributed by atoms with Gasteiger partial charge >= 0.3 is 5.97 Å². The molecule has 0 aromatic heterocycles. The highest BCUT2D eigenvalue weighted by Gasteiger charge is 1.80. The maximum absolute atomic E-state index is 9.37. The van der Waals surface area contributed by atoms with Crippen LogP contribution < -0.4 is 0 Å². The van der Waals surface area contributed by atoms with Crippen LogP contribution in [-0.2, 0) is 14.4 Å². The molecule has 5 heteroatoms. The molecule has 0 aliphatic rings. The lowest BCUT2D eigenvalue weighted by atomic mass is 10.5. The molecule has 0 atom stereocenters. The average molecular weight is 178 g/mol. The molecule has 0 saturated heterocycles. The molecule has 5 nitrogen and oxygen atoms in total. The Kier molecular flexibility index (Phi) is 23.0. The molecule has 0 aromatic rings. The minimum absolute atomic E-state index is 0.222. The fraction of sp³-hybridized carbons (Fsp3) is 0.571. The van der Waals surface area contributed by atoms with Gasteiger partial charge in [-0.1, -0.05) is 6.92 Å². The second-order valence-corrected chi connectivity index (χ2v) is 1.50. The molecule has 0 rings (SSSR count). The first-order valence-electron chi connectivity index (χ1n) is 3.23. The summed E-state index contributed by atoms with van der Waals surface area (Å²) in [6.45, 7) is 4.13. The summed E-state index contributed by atoms with van der Waals surface area (Å²) in [5.74, 6) is -1.58. The van der Waals surface area contributed by atoms with Crippen LogP contribution in [-0.4, -0.2) is 28.4 Å². The van der Waals surface area contributed by atoms with Gasteiger partial charge in [0.25, 0.3) is 5.97 Å². The summed E-state index contributed by atoms with van der Waals surface area (Å²) in [6.07, 6.45) is 0.972.